The van der Waals surface area contributed by atoms with Gasteiger partial charge >= 0.3 is 0 Å². The molecule has 0 fully saturated rings. The zero-order valence-electron chi connectivity index (χ0n) is 12.5. The van der Waals surface area contributed by atoms with E-state index in [9.17, 15) is 14.0 Å². The van der Waals surface area contributed by atoms with Gasteiger partial charge in [-0.1, -0.05) is 12.1 Å². The maximum atomic E-state index is 13.1. The highest BCUT2D eigenvalue weighted by Gasteiger charge is 2.12. The molecule has 2 aromatic carbocycles. The monoisotopic (exact) mass is 300 g/mol. The van der Waals surface area contributed by atoms with E-state index in [0.717, 1.165) is 0 Å². The maximum Gasteiger partial charge on any atom is 0.231 e. The molecule has 0 spiro atoms. The van der Waals surface area contributed by atoms with Gasteiger partial charge in [0, 0.05) is 25.3 Å². The fourth-order valence-corrected chi connectivity index (χ4v) is 2.06. The van der Waals surface area contributed by atoms with Crippen molar-refractivity contribution in [3.63, 3.8) is 0 Å². The second kappa shape index (κ2) is 6.85. The topological polar surface area (TPSA) is 49.4 Å². The van der Waals surface area contributed by atoms with Gasteiger partial charge in [0.15, 0.2) is 0 Å². The summed E-state index contributed by atoms with van der Waals surface area (Å²) < 4.78 is 13.1. The number of halogens is 1. The molecule has 0 aromatic heterocycles. The molecule has 2 aromatic rings. The van der Waals surface area contributed by atoms with Crippen molar-refractivity contribution in [2.24, 2.45) is 0 Å². The number of carbonyl (C=O) groups is 2. The van der Waals surface area contributed by atoms with E-state index in [1.807, 2.05) is 0 Å². The van der Waals surface area contributed by atoms with Gasteiger partial charge in [0.05, 0.1) is 6.42 Å². The number of benzene rings is 2. The van der Waals surface area contributed by atoms with E-state index in [-0.39, 0.29) is 24.1 Å². The first-order valence-corrected chi connectivity index (χ1v) is 6.84. The summed E-state index contributed by atoms with van der Waals surface area (Å²) in [7, 11) is 1.66. The van der Waals surface area contributed by atoms with E-state index in [4.69, 9.17) is 0 Å². The molecule has 0 aliphatic rings. The Morgan fingerprint density at radius 2 is 1.82 bits per heavy atom. The van der Waals surface area contributed by atoms with Crippen LogP contribution in [0.2, 0.25) is 0 Å². The Balaban J connectivity index is 2.05. The molecule has 22 heavy (non-hydrogen) atoms. The summed E-state index contributed by atoms with van der Waals surface area (Å²) in [4.78, 5) is 24.7. The Kier molecular flexibility index (Phi) is 4.88. The molecule has 0 saturated heterocycles. The number of hydrogen-bond acceptors (Lipinski definition) is 2. The summed E-state index contributed by atoms with van der Waals surface area (Å²) in [5.74, 6) is -0.645. The van der Waals surface area contributed by atoms with Crippen molar-refractivity contribution in [3.05, 3.63) is 59.9 Å². The molecular weight excluding hydrogens is 283 g/mol. The summed E-state index contributed by atoms with van der Waals surface area (Å²) >= 11 is 0. The van der Waals surface area contributed by atoms with Crippen LogP contribution in [0.15, 0.2) is 48.5 Å². The van der Waals surface area contributed by atoms with Crippen LogP contribution < -0.4 is 10.2 Å². The van der Waals surface area contributed by atoms with Crippen LogP contribution in [0.25, 0.3) is 0 Å². The van der Waals surface area contributed by atoms with Crippen LogP contribution in [0.3, 0.4) is 0 Å². The number of likely N-dealkylation sites (N-methyl/N-ethyl adjacent to an activating group) is 1. The lowest BCUT2D eigenvalue weighted by Gasteiger charge is -2.18. The summed E-state index contributed by atoms with van der Waals surface area (Å²) in [6.07, 6.45) is 0.127. The quantitative estimate of drug-likeness (QED) is 0.943. The van der Waals surface area contributed by atoms with Crippen molar-refractivity contribution >= 4 is 23.2 Å². The molecule has 0 bridgehead atoms. The molecule has 114 valence electrons. The number of hydrogen-bond donors (Lipinski definition) is 1. The van der Waals surface area contributed by atoms with Crippen molar-refractivity contribution in [1.29, 1.82) is 0 Å². The third kappa shape index (κ3) is 4.15. The molecule has 0 aliphatic carbocycles. The van der Waals surface area contributed by atoms with Crippen LogP contribution in [0.4, 0.5) is 15.8 Å². The average Bonchev–Trinajstić information content (AvgIpc) is 2.46. The van der Waals surface area contributed by atoms with Gasteiger partial charge in [-0.05, 0) is 42.0 Å². The van der Waals surface area contributed by atoms with E-state index in [0.29, 0.717) is 16.9 Å². The third-order valence-electron chi connectivity index (χ3n) is 3.19. The van der Waals surface area contributed by atoms with Gasteiger partial charge in [-0.25, -0.2) is 4.39 Å². The number of amides is 2. The molecule has 1 N–H and O–H groups in total. The number of nitrogens with one attached hydrogen (secondary N) is 1. The van der Waals surface area contributed by atoms with Gasteiger partial charge in [0.2, 0.25) is 11.8 Å². The standard InChI is InChI=1S/C17H17FN2O2/c1-12(21)19-15-6-8-16(9-7-15)20(2)17(22)11-13-4-3-5-14(18)10-13/h3-10H,11H2,1-2H3,(H,19,21). The van der Waals surface area contributed by atoms with Crippen LogP contribution in [-0.4, -0.2) is 18.9 Å². The fourth-order valence-electron chi connectivity index (χ4n) is 2.06. The summed E-state index contributed by atoms with van der Waals surface area (Å²) in [5.41, 5.74) is 2.00. The van der Waals surface area contributed by atoms with Gasteiger partial charge in [-0.15, -0.1) is 0 Å². The van der Waals surface area contributed by atoms with Crippen LogP contribution >= 0.6 is 0 Å². The predicted octanol–water partition coefficient (Wildman–Crippen LogP) is 2.99. The van der Waals surface area contributed by atoms with Crippen molar-refractivity contribution in [2.45, 2.75) is 13.3 Å². The first-order chi connectivity index (χ1) is 10.5. The highest BCUT2D eigenvalue weighted by atomic mass is 19.1. The van der Waals surface area contributed by atoms with Gasteiger partial charge in [-0.2, -0.15) is 0 Å². The lowest BCUT2D eigenvalue weighted by Crippen LogP contribution is -2.27. The average molecular weight is 300 g/mol. The molecule has 0 unspecified atom stereocenters. The Morgan fingerprint density at radius 3 is 2.41 bits per heavy atom. The second-order valence-corrected chi connectivity index (χ2v) is 4.99. The Morgan fingerprint density at radius 1 is 1.14 bits per heavy atom. The summed E-state index contributed by atoms with van der Waals surface area (Å²) in [6.45, 7) is 1.43. The van der Waals surface area contributed by atoms with Gasteiger partial charge in [-0.3, -0.25) is 9.59 Å². The molecule has 0 aliphatic heterocycles. The van der Waals surface area contributed by atoms with E-state index in [1.165, 1.54) is 24.0 Å². The molecule has 2 amide bonds. The van der Waals surface area contributed by atoms with Crippen molar-refractivity contribution < 1.29 is 14.0 Å². The van der Waals surface area contributed by atoms with Crippen LogP contribution in [0.1, 0.15) is 12.5 Å². The highest BCUT2D eigenvalue weighted by Crippen LogP contribution is 2.18. The number of nitrogens with zero attached hydrogens (tertiary/aromatic N) is 1. The zero-order valence-corrected chi connectivity index (χ0v) is 12.5. The highest BCUT2D eigenvalue weighted by molar-refractivity contribution is 5.95. The molecule has 5 heteroatoms. The van der Waals surface area contributed by atoms with Crippen molar-refractivity contribution in [1.82, 2.24) is 0 Å². The third-order valence-corrected chi connectivity index (χ3v) is 3.19. The normalized spacial score (nSPS) is 10.1. The minimum atomic E-state index is -0.354. The molecular formula is C17H17FN2O2. The van der Waals surface area contributed by atoms with E-state index in [1.54, 1.807) is 43.4 Å². The SMILES string of the molecule is CC(=O)Nc1ccc(N(C)C(=O)Cc2cccc(F)c2)cc1. The molecule has 0 saturated carbocycles. The number of anilines is 2. The molecule has 2 rings (SSSR count). The molecule has 0 heterocycles. The van der Waals surface area contributed by atoms with Crippen LogP contribution in [0, 0.1) is 5.82 Å². The van der Waals surface area contributed by atoms with Crippen LogP contribution in [0.5, 0.6) is 0 Å². The number of carbonyl (C=O) groups excluding carboxylic acids is 2. The minimum Gasteiger partial charge on any atom is -0.326 e. The Labute approximate surface area is 128 Å². The first-order valence-electron chi connectivity index (χ1n) is 6.84. The summed E-state index contributed by atoms with van der Waals surface area (Å²) in [5, 5.41) is 2.66. The van der Waals surface area contributed by atoms with Gasteiger partial charge in [0.25, 0.3) is 0 Å². The summed E-state index contributed by atoms with van der Waals surface area (Å²) in [6, 6.07) is 12.9. The maximum absolute atomic E-state index is 13.1. The zero-order chi connectivity index (χ0) is 16.1. The number of rotatable bonds is 4. The minimum absolute atomic E-state index is 0.127. The molecule has 0 radical (unpaired) electrons. The lowest BCUT2D eigenvalue weighted by molar-refractivity contribution is -0.117. The van der Waals surface area contributed by atoms with E-state index < -0.39 is 0 Å². The van der Waals surface area contributed by atoms with Gasteiger partial charge in [0.1, 0.15) is 5.82 Å². The molecule has 4 nitrogen and oxygen atoms in total. The smallest absolute Gasteiger partial charge is 0.231 e. The largest absolute Gasteiger partial charge is 0.326 e. The van der Waals surface area contributed by atoms with Crippen LogP contribution in [-0.2, 0) is 16.0 Å². The Hall–Kier alpha value is -2.69. The first kappa shape index (κ1) is 15.7. The van der Waals surface area contributed by atoms with Gasteiger partial charge < -0.3 is 10.2 Å². The van der Waals surface area contributed by atoms with E-state index in [2.05, 4.69) is 5.32 Å². The Bertz CT molecular complexity index is 683. The van der Waals surface area contributed by atoms with E-state index >= 15 is 0 Å². The fraction of sp³-hybridized carbons (Fsp3) is 0.176. The van der Waals surface area contributed by atoms with Crippen molar-refractivity contribution in [3.8, 4) is 0 Å². The predicted molar refractivity (Wildman–Crippen MR) is 84.3 cm³/mol. The lowest BCUT2D eigenvalue weighted by atomic mass is 10.1. The van der Waals surface area contributed by atoms with Crippen molar-refractivity contribution in [2.75, 3.05) is 17.3 Å². The second-order valence-electron chi connectivity index (χ2n) is 4.99. The molecule has 0 atom stereocenters.